The third kappa shape index (κ3) is 6.94. The molecule has 0 aliphatic rings. The maximum atomic E-state index is 5.96. The summed E-state index contributed by atoms with van der Waals surface area (Å²) in [5.41, 5.74) is 9.76. The minimum Gasteiger partial charge on any atom is -0.374 e. The van der Waals surface area contributed by atoms with E-state index in [0.29, 0.717) is 26.4 Å². The van der Waals surface area contributed by atoms with Crippen molar-refractivity contribution in [2.75, 3.05) is 19.9 Å². The first-order valence-electron chi connectivity index (χ1n) is 8.65. The molecule has 0 aliphatic carbocycles. The molecule has 0 fully saturated rings. The highest BCUT2D eigenvalue weighted by molar-refractivity contribution is 5.48. The minimum atomic E-state index is -0.187. The Balaban J connectivity index is 1.85. The molecule has 0 amide bonds. The van der Waals surface area contributed by atoms with Crippen LogP contribution >= 0.6 is 0 Å². The predicted molar refractivity (Wildman–Crippen MR) is 106 cm³/mol. The van der Waals surface area contributed by atoms with Crippen molar-refractivity contribution in [2.24, 2.45) is 5.73 Å². The van der Waals surface area contributed by atoms with Gasteiger partial charge in [0.25, 0.3) is 0 Å². The second-order valence-electron chi connectivity index (χ2n) is 5.88. The van der Waals surface area contributed by atoms with E-state index in [1.54, 1.807) is 0 Å². The van der Waals surface area contributed by atoms with Crippen molar-refractivity contribution in [2.45, 2.75) is 19.3 Å². The van der Waals surface area contributed by atoms with E-state index in [4.69, 9.17) is 19.9 Å². The summed E-state index contributed by atoms with van der Waals surface area (Å²) < 4.78 is 17.1. The molecule has 2 aromatic carbocycles. The molecule has 4 heteroatoms. The van der Waals surface area contributed by atoms with Crippen LogP contribution in [0.15, 0.2) is 61.7 Å². The maximum absolute atomic E-state index is 5.96. The van der Waals surface area contributed by atoms with E-state index < -0.39 is 0 Å². The van der Waals surface area contributed by atoms with Crippen LogP contribution in [0.4, 0.5) is 0 Å². The largest absolute Gasteiger partial charge is 0.374 e. The number of hydrogen-bond acceptors (Lipinski definition) is 4. The normalized spacial score (nSPS) is 11.9. The Morgan fingerprint density at radius 1 is 0.846 bits per heavy atom. The fourth-order valence-electron chi connectivity index (χ4n) is 2.49. The SMILES string of the molecule is C=Cc1cccc(COCC(COCN)OCc2cccc(C=C)c2)c1. The monoisotopic (exact) mass is 353 g/mol. The third-order valence-electron chi connectivity index (χ3n) is 3.85. The fourth-order valence-corrected chi connectivity index (χ4v) is 2.49. The molecule has 0 bridgehead atoms. The average Bonchev–Trinajstić information content (AvgIpc) is 2.70. The van der Waals surface area contributed by atoms with Gasteiger partial charge in [-0.2, -0.15) is 0 Å². The molecule has 2 N–H and O–H groups in total. The lowest BCUT2D eigenvalue weighted by atomic mass is 10.1. The van der Waals surface area contributed by atoms with Gasteiger partial charge in [-0.1, -0.05) is 61.7 Å². The molecule has 26 heavy (non-hydrogen) atoms. The van der Waals surface area contributed by atoms with Crippen molar-refractivity contribution in [1.82, 2.24) is 0 Å². The van der Waals surface area contributed by atoms with Gasteiger partial charge in [-0.3, -0.25) is 0 Å². The van der Waals surface area contributed by atoms with Gasteiger partial charge >= 0.3 is 0 Å². The summed E-state index contributed by atoms with van der Waals surface area (Å²) in [5, 5.41) is 0. The zero-order chi connectivity index (χ0) is 18.6. The van der Waals surface area contributed by atoms with Crippen molar-refractivity contribution in [1.29, 1.82) is 0 Å². The first-order valence-corrected chi connectivity index (χ1v) is 8.65. The van der Waals surface area contributed by atoms with Crippen molar-refractivity contribution < 1.29 is 14.2 Å². The van der Waals surface area contributed by atoms with Crippen LogP contribution in [0.1, 0.15) is 22.3 Å². The summed E-state index contributed by atoms with van der Waals surface area (Å²) in [6.45, 7) is 9.55. The van der Waals surface area contributed by atoms with Gasteiger partial charge in [0.05, 0.1) is 33.2 Å². The molecular formula is C22H27NO3. The Morgan fingerprint density at radius 3 is 2.00 bits per heavy atom. The number of ether oxygens (including phenoxy) is 3. The zero-order valence-corrected chi connectivity index (χ0v) is 15.1. The second-order valence-corrected chi connectivity index (χ2v) is 5.88. The third-order valence-corrected chi connectivity index (χ3v) is 3.85. The first kappa shape index (κ1) is 20.1. The Hall–Kier alpha value is -2.24. The first-order chi connectivity index (χ1) is 12.7. The molecule has 0 radical (unpaired) electrons. The Kier molecular flexibility index (Phi) is 8.79. The summed E-state index contributed by atoms with van der Waals surface area (Å²) in [4.78, 5) is 0. The zero-order valence-electron chi connectivity index (χ0n) is 15.1. The van der Waals surface area contributed by atoms with E-state index in [1.807, 2.05) is 48.6 Å². The minimum absolute atomic E-state index is 0.160. The highest BCUT2D eigenvalue weighted by Gasteiger charge is 2.11. The summed E-state index contributed by atoms with van der Waals surface area (Å²) >= 11 is 0. The standard InChI is InChI=1S/C22H27NO3/c1-3-18-7-5-9-20(11-18)13-24-15-22(16-25-17-23)26-14-21-10-6-8-19(4-2)12-21/h3-12,22H,1-2,13-17,23H2. The summed E-state index contributed by atoms with van der Waals surface area (Å²) in [6, 6.07) is 16.2. The van der Waals surface area contributed by atoms with E-state index in [-0.39, 0.29) is 12.8 Å². The lowest BCUT2D eigenvalue weighted by Gasteiger charge is -2.18. The van der Waals surface area contributed by atoms with Gasteiger partial charge in [0.2, 0.25) is 0 Å². The molecule has 1 atom stereocenters. The van der Waals surface area contributed by atoms with Gasteiger partial charge in [0, 0.05) is 0 Å². The van der Waals surface area contributed by atoms with Crippen molar-refractivity contribution in [3.05, 3.63) is 83.9 Å². The number of benzene rings is 2. The highest BCUT2D eigenvalue weighted by atomic mass is 16.6. The van der Waals surface area contributed by atoms with Crippen LogP contribution in [0, 0.1) is 0 Å². The van der Waals surface area contributed by atoms with Crippen LogP contribution in [-0.4, -0.2) is 26.0 Å². The molecule has 0 saturated carbocycles. The van der Waals surface area contributed by atoms with Gasteiger partial charge in [-0.15, -0.1) is 0 Å². The number of hydrogen-bond donors (Lipinski definition) is 1. The van der Waals surface area contributed by atoms with Crippen LogP contribution in [-0.2, 0) is 27.4 Å². The summed E-state index contributed by atoms with van der Waals surface area (Å²) in [7, 11) is 0. The quantitative estimate of drug-likeness (QED) is 0.586. The topological polar surface area (TPSA) is 53.7 Å². The van der Waals surface area contributed by atoms with Gasteiger partial charge in [-0.05, 0) is 34.4 Å². The van der Waals surface area contributed by atoms with Crippen molar-refractivity contribution in [3.8, 4) is 0 Å². The van der Waals surface area contributed by atoms with Crippen molar-refractivity contribution >= 4 is 12.2 Å². The van der Waals surface area contributed by atoms with Gasteiger partial charge in [-0.25, -0.2) is 0 Å². The maximum Gasteiger partial charge on any atom is 0.105 e. The lowest BCUT2D eigenvalue weighted by Crippen LogP contribution is -2.27. The second kappa shape index (κ2) is 11.4. The Morgan fingerprint density at radius 2 is 1.42 bits per heavy atom. The van der Waals surface area contributed by atoms with E-state index >= 15 is 0 Å². The molecule has 0 spiro atoms. The van der Waals surface area contributed by atoms with E-state index in [0.717, 1.165) is 22.3 Å². The molecule has 0 aromatic heterocycles. The molecular weight excluding hydrogens is 326 g/mol. The molecule has 0 aliphatic heterocycles. The van der Waals surface area contributed by atoms with Gasteiger partial charge in [0.1, 0.15) is 6.10 Å². The van der Waals surface area contributed by atoms with Crippen LogP contribution < -0.4 is 5.73 Å². The average molecular weight is 353 g/mol. The molecule has 2 rings (SSSR count). The van der Waals surface area contributed by atoms with Crippen LogP contribution in [0.3, 0.4) is 0 Å². The van der Waals surface area contributed by atoms with Crippen molar-refractivity contribution in [3.63, 3.8) is 0 Å². The molecule has 2 aromatic rings. The molecule has 1 unspecified atom stereocenters. The molecule has 138 valence electrons. The van der Waals surface area contributed by atoms with Crippen LogP contribution in [0.5, 0.6) is 0 Å². The van der Waals surface area contributed by atoms with E-state index in [9.17, 15) is 0 Å². The highest BCUT2D eigenvalue weighted by Crippen LogP contribution is 2.11. The van der Waals surface area contributed by atoms with Gasteiger partial charge < -0.3 is 19.9 Å². The Labute approximate surface area is 155 Å². The Bertz CT molecular complexity index is 699. The van der Waals surface area contributed by atoms with Crippen LogP contribution in [0.2, 0.25) is 0 Å². The molecule has 0 heterocycles. The molecule has 0 saturated heterocycles. The summed E-state index contributed by atoms with van der Waals surface area (Å²) in [6.07, 6.45) is 3.45. The van der Waals surface area contributed by atoms with E-state index in [2.05, 4.69) is 25.3 Å². The fraction of sp³-hybridized carbons (Fsp3) is 0.273. The van der Waals surface area contributed by atoms with Crippen LogP contribution in [0.25, 0.3) is 12.2 Å². The summed E-state index contributed by atoms with van der Waals surface area (Å²) in [5.74, 6) is 0. The smallest absolute Gasteiger partial charge is 0.105 e. The predicted octanol–water partition coefficient (Wildman–Crippen LogP) is 4.01. The molecule has 4 nitrogen and oxygen atoms in total. The number of nitrogens with two attached hydrogens (primary N) is 1. The van der Waals surface area contributed by atoms with Gasteiger partial charge in [0.15, 0.2) is 0 Å². The lowest BCUT2D eigenvalue weighted by molar-refractivity contribution is -0.0691. The number of rotatable bonds is 12. The van der Waals surface area contributed by atoms with E-state index in [1.165, 1.54) is 0 Å².